The fraction of sp³-hybridized carbons (Fsp3) is 0.600. The Morgan fingerprint density at radius 3 is 2.19 bits per heavy atom. The van der Waals surface area contributed by atoms with E-state index in [-0.39, 0.29) is 11.5 Å². The topological polar surface area (TPSA) is 20.2 Å². The van der Waals surface area contributed by atoms with Crippen molar-refractivity contribution in [1.29, 1.82) is 0 Å². The van der Waals surface area contributed by atoms with Crippen molar-refractivity contribution < 1.29 is 5.11 Å². The van der Waals surface area contributed by atoms with Crippen molar-refractivity contribution in [3.63, 3.8) is 0 Å². The zero-order chi connectivity index (χ0) is 11.0. The average molecular weight is 216 g/mol. The Bertz CT molecular complexity index is 349. The molecule has 2 saturated carbocycles. The van der Waals surface area contributed by atoms with E-state index in [4.69, 9.17) is 0 Å². The van der Waals surface area contributed by atoms with Gasteiger partial charge < -0.3 is 5.11 Å². The van der Waals surface area contributed by atoms with Crippen molar-refractivity contribution in [1.82, 2.24) is 0 Å². The second-order valence-electron chi connectivity index (χ2n) is 5.51. The van der Waals surface area contributed by atoms with E-state index in [0.29, 0.717) is 5.92 Å². The highest BCUT2D eigenvalue weighted by Crippen LogP contribution is 2.51. The lowest BCUT2D eigenvalue weighted by molar-refractivity contribution is -0.0388. The molecule has 0 saturated heterocycles. The minimum Gasteiger partial charge on any atom is -0.392 e. The maximum Gasteiger partial charge on any atom is 0.0664 e. The summed E-state index contributed by atoms with van der Waals surface area (Å²) in [5.74, 6) is 0.570. The third kappa shape index (κ3) is 1.41. The molecule has 16 heavy (non-hydrogen) atoms. The van der Waals surface area contributed by atoms with Gasteiger partial charge in [0.2, 0.25) is 0 Å². The molecule has 1 aromatic carbocycles. The van der Waals surface area contributed by atoms with Gasteiger partial charge in [0.15, 0.2) is 0 Å². The monoisotopic (exact) mass is 216 g/mol. The van der Waals surface area contributed by atoms with Crippen LogP contribution >= 0.6 is 0 Å². The smallest absolute Gasteiger partial charge is 0.0664 e. The van der Waals surface area contributed by atoms with E-state index in [0.717, 1.165) is 0 Å². The minimum absolute atomic E-state index is 0.0996. The first kappa shape index (κ1) is 10.3. The molecule has 0 aliphatic heterocycles. The number of benzene rings is 1. The Morgan fingerprint density at radius 1 is 1.06 bits per heavy atom. The molecule has 86 valence electrons. The maximum absolute atomic E-state index is 10.6. The molecule has 1 atom stereocenters. The molecule has 1 N–H and O–H groups in total. The van der Waals surface area contributed by atoms with E-state index in [2.05, 4.69) is 30.3 Å². The molecule has 1 nitrogen and oxygen atoms in total. The summed E-state index contributed by atoms with van der Waals surface area (Å²) < 4.78 is 0. The van der Waals surface area contributed by atoms with Crippen molar-refractivity contribution in [2.24, 2.45) is 5.92 Å². The van der Waals surface area contributed by atoms with Crippen molar-refractivity contribution in [3.05, 3.63) is 35.9 Å². The molecule has 2 aliphatic carbocycles. The van der Waals surface area contributed by atoms with E-state index in [1.54, 1.807) is 0 Å². The van der Waals surface area contributed by atoms with Crippen LogP contribution in [0.1, 0.15) is 44.1 Å². The lowest BCUT2D eigenvalue weighted by Crippen LogP contribution is -2.50. The molecule has 0 amide bonds. The molecule has 2 fully saturated rings. The molecular formula is C15H20O. The van der Waals surface area contributed by atoms with Gasteiger partial charge in [0.05, 0.1) is 6.10 Å². The Morgan fingerprint density at radius 2 is 1.75 bits per heavy atom. The molecule has 1 unspecified atom stereocenters. The minimum atomic E-state index is -0.0996. The summed E-state index contributed by atoms with van der Waals surface area (Å²) >= 11 is 0. The van der Waals surface area contributed by atoms with Crippen molar-refractivity contribution in [2.45, 2.75) is 50.0 Å². The largest absolute Gasteiger partial charge is 0.392 e. The fourth-order valence-electron chi connectivity index (χ4n) is 3.29. The van der Waals surface area contributed by atoms with Gasteiger partial charge in [-0.2, -0.15) is 0 Å². The Hall–Kier alpha value is -0.820. The number of hydrogen-bond donors (Lipinski definition) is 1. The van der Waals surface area contributed by atoms with Gasteiger partial charge in [-0.05, 0) is 37.2 Å². The first-order valence-corrected chi connectivity index (χ1v) is 6.56. The molecule has 3 rings (SSSR count). The van der Waals surface area contributed by atoms with E-state index >= 15 is 0 Å². The van der Waals surface area contributed by atoms with Crippen molar-refractivity contribution in [2.75, 3.05) is 0 Å². The van der Waals surface area contributed by atoms with Crippen LogP contribution in [-0.2, 0) is 5.41 Å². The number of hydrogen-bond acceptors (Lipinski definition) is 1. The zero-order valence-corrected chi connectivity index (χ0v) is 9.73. The van der Waals surface area contributed by atoms with Crippen LogP contribution in [0.5, 0.6) is 0 Å². The summed E-state index contributed by atoms with van der Waals surface area (Å²) in [6, 6.07) is 10.7. The molecule has 0 bridgehead atoms. The molecule has 0 spiro atoms. The van der Waals surface area contributed by atoms with Crippen LogP contribution in [0.2, 0.25) is 0 Å². The van der Waals surface area contributed by atoms with Gasteiger partial charge >= 0.3 is 0 Å². The summed E-state index contributed by atoms with van der Waals surface area (Å²) in [5, 5.41) is 10.6. The van der Waals surface area contributed by atoms with Gasteiger partial charge in [0.1, 0.15) is 0 Å². The van der Waals surface area contributed by atoms with Crippen LogP contribution in [-0.4, -0.2) is 11.2 Å². The van der Waals surface area contributed by atoms with Crippen molar-refractivity contribution >= 4 is 0 Å². The maximum atomic E-state index is 10.6. The van der Waals surface area contributed by atoms with Crippen LogP contribution in [0, 0.1) is 5.92 Å². The lowest BCUT2D eigenvalue weighted by atomic mass is 9.56. The first-order chi connectivity index (χ1) is 7.83. The first-order valence-electron chi connectivity index (χ1n) is 6.56. The SMILES string of the molecule is OC(C1CCC1)C1(c2ccccc2)CCC1. The van der Waals surface area contributed by atoms with E-state index in [9.17, 15) is 5.11 Å². The molecule has 1 aromatic rings. The highest BCUT2D eigenvalue weighted by Gasteiger charge is 2.48. The summed E-state index contributed by atoms with van der Waals surface area (Å²) in [6.45, 7) is 0. The molecule has 1 heteroatoms. The van der Waals surface area contributed by atoms with Gasteiger partial charge in [-0.3, -0.25) is 0 Å². The van der Waals surface area contributed by atoms with Gasteiger partial charge in [-0.15, -0.1) is 0 Å². The Balaban J connectivity index is 1.87. The highest BCUT2D eigenvalue weighted by molar-refractivity contribution is 5.30. The third-order valence-electron chi connectivity index (χ3n) is 4.76. The fourth-order valence-corrected chi connectivity index (χ4v) is 3.29. The Labute approximate surface area is 97.5 Å². The van der Waals surface area contributed by atoms with Crippen LogP contribution in [0.3, 0.4) is 0 Å². The van der Waals surface area contributed by atoms with Crippen LogP contribution in [0.4, 0.5) is 0 Å². The van der Waals surface area contributed by atoms with Gasteiger partial charge in [0, 0.05) is 5.41 Å². The van der Waals surface area contributed by atoms with Gasteiger partial charge in [-0.1, -0.05) is 43.2 Å². The quantitative estimate of drug-likeness (QED) is 0.822. The summed E-state index contributed by atoms with van der Waals surface area (Å²) in [4.78, 5) is 0. The number of aliphatic hydroxyl groups excluding tert-OH is 1. The predicted molar refractivity (Wildman–Crippen MR) is 65.3 cm³/mol. The molecular weight excluding hydrogens is 196 g/mol. The van der Waals surface area contributed by atoms with E-state index in [1.165, 1.54) is 44.1 Å². The summed E-state index contributed by atoms with van der Waals surface area (Å²) in [6.07, 6.45) is 7.30. The molecule has 0 aromatic heterocycles. The van der Waals surface area contributed by atoms with Crippen LogP contribution in [0.25, 0.3) is 0 Å². The highest BCUT2D eigenvalue weighted by atomic mass is 16.3. The van der Waals surface area contributed by atoms with Crippen LogP contribution in [0.15, 0.2) is 30.3 Å². The van der Waals surface area contributed by atoms with Crippen LogP contribution < -0.4 is 0 Å². The number of aliphatic hydroxyl groups is 1. The summed E-state index contributed by atoms with van der Waals surface area (Å²) in [7, 11) is 0. The lowest BCUT2D eigenvalue weighted by Gasteiger charge is -2.50. The molecule has 0 radical (unpaired) electrons. The van der Waals surface area contributed by atoms with E-state index in [1.807, 2.05) is 0 Å². The second-order valence-corrected chi connectivity index (χ2v) is 5.51. The standard InChI is InChI=1S/C15H20O/c16-14(12-6-4-7-12)15(10-5-11-15)13-8-2-1-3-9-13/h1-3,8-9,12,14,16H,4-7,10-11H2. The predicted octanol–water partition coefficient (Wildman–Crippen LogP) is 3.27. The van der Waals surface area contributed by atoms with E-state index < -0.39 is 0 Å². The summed E-state index contributed by atoms with van der Waals surface area (Å²) in [5.41, 5.74) is 1.47. The molecule has 2 aliphatic rings. The van der Waals surface area contributed by atoms with Gasteiger partial charge in [0.25, 0.3) is 0 Å². The van der Waals surface area contributed by atoms with Gasteiger partial charge in [-0.25, -0.2) is 0 Å². The molecule has 0 heterocycles. The normalized spacial score (nSPS) is 25.6. The second kappa shape index (κ2) is 3.89. The average Bonchev–Trinajstić information content (AvgIpc) is 2.15. The number of rotatable bonds is 3. The zero-order valence-electron chi connectivity index (χ0n) is 9.73. The van der Waals surface area contributed by atoms with Crippen molar-refractivity contribution in [3.8, 4) is 0 Å². The third-order valence-corrected chi connectivity index (χ3v) is 4.76. The Kier molecular flexibility index (Phi) is 2.51.